The Morgan fingerprint density at radius 2 is 1.42 bits per heavy atom. The molecule has 0 saturated heterocycles. The van der Waals surface area contributed by atoms with Crippen molar-refractivity contribution in [3.05, 3.63) is 70.8 Å². The number of ketones is 1. The molecule has 0 aliphatic rings. The normalized spacial score (nSPS) is 11.6. The lowest BCUT2D eigenvalue weighted by Crippen LogP contribution is -2.11. The number of carbonyl (C=O) groups is 1. The average Bonchev–Trinajstić information content (AvgIpc) is 2.42. The Morgan fingerprint density at radius 3 is 1.89 bits per heavy atom. The fourth-order valence-electron chi connectivity index (χ4n) is 1.93. The van der Waals surface area contributed by atoms with Gasteiger partial charge in [-0.1, -0.05) is 59.7 Å². The highest BCUT2D eigenvalue weighted by molar-refractivity contribution is 6.02. The van der Waals surface area contributed by atoms with Crippen LogP contribution in [0.5, 0.6) is 0 Å². The first-order valence-corrected chi connectivity index (χ1v) is 6.19. The maximum Gasteiger partial charge on any atom is 0.184 e. The maximum atomic E-state index is 12.4. The summed E-state index contributed by atoms with van der Waals surface area (Å²) in [5, 5.41) is 9.26. The SMILES string of the molecule is Cc1ccc(C(=O)C(C#N)c2ccc(C)cc2)cc1. The summed E-state index contributed by atoms with van der Waals surface area (Å²) >= 11 is 0. The zero-order chi connectivity index (χ0) is 13.8. The molecule has 0 amide bonds. The summed E-state index contributed by atoms with van der Waals surface area (Å²) in [6.45, 7) is 3.95. The van der Waals surface area contributed by atoms with Crippen molar-refractivity contribution < 1.29 is 4.79 Å². The zero-order valence-electron chi connectivity index (χ0n) is 11.1. The Bertz CT molecular complexity index is 618. The van der Waals surface area contributed by atoms with Crippen LogP contribution in [0.15, 0.2) is 48.5 Å². The number of benzene rings is 2. The van der Waals surface area contributed by atoms with Gasteiger partial charge in [0.05, 0.1) is 6.07 Å². The number of hydrogen-bond donors (Lipinski definition) is 0. The third kappa shape index (κ3) is 2.89. The van der Waals surface area contributed by atoms with Crippen molar-refractivity contribution >= 4 is 5.78 Å². The third-order valence-corrected chi connectivity index (χ3v) is 3.14. The smallest absolute Gasteiger partial charge is 0.184 e. The van der Waals surface area contributed by atoms with Crippen LogP contribution < -0.4 is 0 Å². The topological polar surface area (TPSA) is 40.9 Å². The van der Waals surface area contributed by atoms with Crippen LogP contribution in [0.3, 0.4) is 0 Å². The van der Waals surface area contributed by atoms with E-state index in [4.69, 9.17) is 0 Å². The molecular formula is C17H15NO. The number of hydrogen-bond acceptors (Lipinski definition) is 2. The van der Waals surface area contributed by atoms with Crippen LogP contribution in [0, 0.1) is 25.2 Å². The quantitative estimate of drug-likeness (QED) is 0.776. The van der Waals surface area contributed by atoms with Crippen molar-refractivity contribution in [1.82, 2.24) is 0 Å². The van der Waals surface area contributed by atoms with Gasteiger partial charge in [-0.05, 0) is 19.4 Å². The van der Waals surface area contributed by atoms with Gasteiger partial charge >= 0.3 is 0 Å². The predicted molar refractivity (Wildman–Crippen MR) is 75.0 cm³/mol. The first-order chi connectivity index (χ1) is 9.11. The van der Waals surface area contributed by atoms with E-state index in [0.29, 0.717) is 5.56 Å². The Labute approximate surface area is 113 Å². The minimum absolute atomic E-state index is 0.147. The molecule has 0 aliphatic carbocycles. The second-order valence-electron chi connectivity index (χ2n) is 4.70. The molecule has 2 rings (SSSR count). The van der Waals surface area contributed by atoms with E-state index in [9.17, 15) is 10.1 Å². The molecule has 0 spiro atoms. The summed E-state index contributed by atoms with van der Waals surface area (Å²) < 4.78 is 0. The predicted octanol–water partition coefficient (Wildman–Crippen LogP) is 3.79. The molecule has 0 aliphatic heterocycles. The Morgan fingerprint density at radius 1 is 0.947 bits per heavy atom. The number of rotatable bonds is 3. The lowest BCUT2D eigenvalue weighted by molar-refractivity contribution is 0.0979. The average molecular weight is 249 g/mol. The van der Waals surface area contributed by atoms with Crippen LogP contribution in [0.1, 0.15) is 33.0 Å². The highest BCUT2D eigenvalue weighted by Crippen LogP contribution is 2.21. The molecule has 0 fully saturated rings. The van der Waals surface area contributed by atoms with E-state index in [1.54, 1.807) is 12.1 Å². The molecule has 0 aromatic heterocycles. The molecule has 19 heavy (non-hydrogen) atoms. The largest absolute Gasteiger partial charge is 0.292 e. The van der Waals surface area contributed by atoms with Crippen molar-refractivity contribution in [3.8, 4) is 6.07 Å². The number of nitrogens with zero attached hydrogens (tertiary/aromatic N) is 1. The fourth-order valence-corrected chi connectivity index (χ4v) is 1.93. The van der Waals surface area contributed by atoms with E-state index in [2.05, 4.69) is 6.07 Å². The third-order valence-electron chi connectivity index (χ3n) is 3.14. The maximum absolute atomic E-state index is 12.4. The fraction of sp³-hybridized carbons (Fsp3) is 0.176. The van der Waals surface area contributed by atoms with Crippen LogP contribution in [0.4, 0.5) is 0 Å². The van der Waals surface area contributed by atoms with Gasteiger partial charge in [0.2, 0.25) is 0 Å². The molecule has 0 heterocycles. The van der Waals surface area contributed by atoms with Crippen LogP contribution in [-0.2, 0) is 0 Å². The summed E-state index contributed by atoms with van der Waals surface area (Å²) in [4.78, 5) is 12.4. The summed E-state index contributed by atoms with van der Waals surface area (Å²) in [5.41, 5.74) is 3.54. The minimum Gasteiger partial charge on any atom is -0.292 e. The molecule has 2 heteroatoms. The summed E-state index contributed by atoms with van der Waals surface area (Å²) in [6, 6.07) is 16.9. The van der Waals surface area contributed by atoms with Gasteiger partial charge in [0.1, 0.15) is 5.92 Å². The Hall–Kier alpha value is -2.40. The lowest BCUT2D eigenvalue weighted by atomic mass is 9.91. The Balaban J connectivity index is 2.32. The van der Waals surface area contributed by atoms with Crippen LogP contribution in [-0.4, -0.2) is 5.78 Å². The highest BCUT2D eigenvalue weighted by Gasteiger charge is 2.21. The van der Waals surface area contributed by atoms with Crippen molar-refractivity contribution in [1.29, 1.82) is 5.26 Å². The van der Waals surface area contributed by atoms with Crippen molar-refractivity contribution in [2.24, 2.45) is 0 Å². The van der Waals surface area contributed by atoms with E-state index < -0.39 is 5.92 Å². The van der Waals surface area contributed by atoms with Crippen molar-refractivity contribution in [3.63, 3.8) is 0 Å². The number of carbonyl (C=O) groups excluding carboxylic acids is 1. The molecule has 94 valence electrons. The number of Topliss-reactive ketones (excluding diaryl/α,β-unsaturated/α-hetero) is 1. The van der Waals surface area contributed by atoms with E-state index in [-0.39, 0.29) is 5.78 Å². The van der Waals surface area contributed by atoms with Crippen LogP contribution in [0.2, 0.25) is 0 Å². The van der Waals surface area contributed by atoms with E-state index in [1.807, 2.05) is 50.2 Å². The van der Waals surface area contributed by atoms with E-state index >= 15 is 0 Å². The van der Waals surface area contributed by atoms with E-state index in [0.717, 1.165) is 16.7 Å². The van der Waals surface area contributed by atoms with Gasteiger partial charge in [-0.25, -0.2) is 0 Å². The second kappa shape index (κ2) is 5.49. The van der Waals surface area contributed by atoms with Gasteiger partial charge in [0.25, 0.3) is 0 Å². The second-order valence-corrected chi connectivity index (χ2v) is 4.70. The Kier molecular flexibility index (Phi) is 3.77. The van der Waals surface area contributed by atoms with E-state index in [1.165, 1.54) is 0 Å². The molecule has 0 bridgehead atoms. The standard InChI is InChI=1S/C17H15NO/c1-12-3-7-14(8-4-12)16(11-18)17(19)15-9-5-13(2)6-10-15/h3-10,16H,1-2H3. The molecule has 0 saturated carbocycles. The molecule has 1 atom stereocenters. The lowest BCUT2D eigenvalue weighted by Gasteiger charge is -2.09. The van der Waals surface area contributed by atoms with Gasteiger partial charge < -0.3 is 0 Å². The first kappa shape index (κ1) is 13.0. The number of aryl methyl sites for hydroxylation is 2. The first-order valence-electron chi connectivity index (χ1n) is 6.19. The van der Waals surface area contributed by atoms with Gasteiger partial charge in [-0.15, -0.1) is 0 Å². The molecular weight excluding hydrogens is 234 g/mol. The van der Waals surface area contributed by atoms with Crippen molar-refractivity contribution in [2.75, 3.05) is 0 Å². The zero-order valence-corrected chi connectivity index (χ0v) is 11.1. The molecule has 0 N–H and O–H groups in total. The molecule has 2 aromatic carbocycles. The van der Waals surface area contributed by atoms with Crippen LogP contribution >= 0.6 is 0 Å². The highest BCUT2D eigenvalue weighted by atomic mass is 16.1. The minimum atomic E-state index is -0.733. The molecule has 0 radical (unpaired) electrons. The van der Waals surface area contributed by atoms with Gasteiger partial charge in [0, 0.05) is 5.56 Å². The summed E-state index contributed by atoms with van der Waals surface area (Å²) in [6.07, 6.45) is 0. The van der Waals surface area contributed by atoms with Crippen LogP contribution in [0.25, 0.3) is 0 Å². The van der Waals surface area contributed by atoms with Crippen molar-refractivity contribution in [2.45, 2.75) is 19.8 Å². The summed E-state index contributed by atoms with van der Waals surface area (Å²) in [5.74, 6) is -0.880. The number of nitriles is 1. The molecule has 2 aromatic rings. The summed E-state index contributed by atoms with van der Waals surface area (Å²) in [7, 11) is 0. The monoisotopic (exact) mass is 249 g/mol. The molecule has 1 unspecified atom stereocenters. The van der Waals surface area contributed by atoms with Gasteiger partial charge in [-0.2, -0.15) is 5.26 Å². The van der Waals surface area contributed by atoms with Gasteiger partial charge in [-0.3, -0.25) is 4.79 Å². The molecule has 2 nitrogen and oxygen atoms in total. The van der Waals surface area contributed by atoms with Gasteiger partial charge in [0.15, 0.2) is 5.78 Å².